The van der Waals surface area contributed by atoms with E-state index < -0.39 is 5.60 Å². The molecular weight excluding hydrogens is 256 g/mol. The number of aromatic nitrogens is 2. The van der Waals surface area contributed by atoms with E-state index in [2.05, 4.69) is 27.6 Å². The molecule has 1 saturated carbocycles. The van der Waals surface area contributed by atoms with Gasteiger partial charge in [0, 0.05) is 12.6 Å². The molecule has 0 unspecified atom stereocenters. The second-order valence-electron chi connectivity index (χ2n) is 5.57. The number of nitrogen functional groups attached to an aromatic ring is 2. The van der Waals surface area contributed by atoms with Gasteiger partial charge in [-0.2, -0.15) is 9.97 Å². The Morgan fingerprint density at radius 2 is 2.00 bits per heavy atom. The summed E-state index contributed by atoms with van der Waals surface area (Å²) in [5.41, 5.74) is 7.36. The van der Waals surface area contributed by atoms with Crippen LogP contribution in [0.4, 0.5) is 17.6 Å². The molecule has 0 atom stereocenters. The molecule has 7 N–H and O–H groups in total. The molecule has 0 amide bonds. The van der Waals surface area contributed by atoms with Crippen LogP contribution in [-0.2, 0) is 0 Å². The highest BCUT2D eigenvalue weighted by Gasteiger charge is 2.32. The fourth-order valence-corrected chi connectivity index (χ4v) is 2.69. The first kappa shape index (κ1) is 14.8. The number of nitrogens with zero attached hydrogens (tertiary/aromatic N) is 2. The Balaban J connectivity index is 1.93. The lowest BCUT2D eigenvalue weighted by Crippen LogP contribution is -2.40. The molecule has 7 nitrogen and oxygen atoms in total. The lowest BCUT2D eigenvalue weighted by molar-refractivity contribution is 0.00223. The van der Waals surface area contributed by atoms with Crippen molar-refractivity contribution in [1.82, 2.24) is 9.97 Å². The van der Waals surface area contributed by atoms with E-state index in [-0.39, 0.29) is 5.95 Å². The van der Waals surface area contributed by atoms with Crippen LogP contribution in [0.25, 0.3) is 0 Å². The number of nitrogens with two attached hydrogens (primary N) is 2. The Morgan fingerprint density at radius 1 is 1.35 bits per heavy atom. The van der Waals surface area contributed by atoms with Gasteiger partial charge in [0.2, 0.25) is 5.95 Å². The van der Waals surface area contributed by atoms with E-state index in [4.69, 9.17) is 11.6 Å². The number of aliphatic hydroxyl groups is 1. The Morgan fingerprint density at radius 3 is 2.60 bits per heavy atom. The molecule has 0 aromatic carbocycles. The Kier molecular flexibility index (Phi) is 4.61. The van der Waals surface area contributed by atoms with Gasteiger partial charge in [-0.1, -0.05) is 13.3 Å². The second-order valence-corrected chi connectivity index (χ2v) is 5.57. The molecule has 0 spiro atoms. The molecule has 2 rings (SSSR count). The molecule has 7 heteroatoms. The summed E-state index contributed by atoms with van der Waals surface area (Å²) in [4.78, 5) is 7.99. The van der Waals surface area contributed by atoms with Crippen LogP contribution in [0.2, 0.25) is 0 Å². The monoisotopic (exact) mass is 280 g/mol. The summed E-state index contributed by atoms with van der Waals surface area (Å²) in [7, 11) is 0. The van der Waals surface area contributed by atoms with Crippen LogP contribution < -0.4 is 22.3 Å². The fraction of sp³-hybridized carbons (Fsp3) is 0.692. The van der Waals surface area contributed by atoms with Crippen molar-refractivity contribution in [3.63, 3.8) is 0 Å². The van der Waals surface area contributed by atoms with Crippen molar-refractivity contribution in [2.75, 3.05) is 23.0 Å². The zero-order chi connectivity index (χ0) is 14.6. The standard InChI is InChI=1S/C13H24N6O/c1-2-9-3-5-13(20,6-4-9)8-16-10-7-11(19-15)18-12(14)17-10/h7,9,20H,2-6,8,15H2,1H3,(H4,14,16,17,18,19). The Bertz CT molecular complexity index is 444. The van der Waals surface area contributed by atoms with E-state index in [1.165, 1.54) is 6.42 Å². The second kappa shape index (κ2) is 6.23. The maximum absolute atomic E-state index is 10.6. The maximum atomic E-state index is 10.6. The van der Waals surface area contributed by atoms with Crippen molar-refractivity contribution in [1.29, 1.82) is 0 Å². The molecule has 1 aliphatic carbocycles. The minimum absolute atomic E-state index is 0.143. The molecule has 1 aromatic heterocycles. The van der Waals surface area contributed by atoms with Gasteiger partial charge in [-0.15, -0.1) is 0 Å². The Hall–Kier alpha value is -1.60. The van der Waals surface area contributed by atoms with Crippen molar-refractivity contribution >= 4 is 17.6 Å². The van der Waals surface area contributed by atoms with Crippen LogP contribution in [0.1, 0.15) is 39.0 Å². The highest BCUT2D eigenvalue weighted by molar-refractivity contribution is 5.50. The molecule has 1 aromatic rings. The highest BCUT2D eigenvalue weighted by atomic mass is 16.3. The molecule has 0 aliphatic heterocycles. The minimum Gasteiger partial charge on any atom is -0.388 e. The minimum atomic E-state index is -0.665. The van der Waals surface area contributed by atoms with Crippen LogP contribution in [-0.4, -0.2) is 27.2 Å². The summed E-state index contributed by atoms with van der Waals surface area (Å²) < 4.78 is 0. The van der Waals surface area contributed by atoms with E-state index in [1.54, 1.807) is 6.07 Å². The van der Waals surface area contributed by atoms with Gasteiger partial charge in [0.15, 0.2) is 0 Å². The third kappa shape index (κ3) is 3.71. The number of hydrogen-bond acceptors (Lipinski definition) is 7. The molecule has 20 heavy (non-hydrogen) atoms. The van der Waals surface area contributed by atoms with Crippen LogP contribution in [0, 0.1) is 5.92 Å². The van der Waals surface area contributed by atoms with Crippen LogP contribution in [0.5, 0.6) is 0 Å². The van der Waals surface area contributed by atoms with Gasteiger partial charge in [0.1, 0.15) is 11.6 Å². The lowest BCUT2D eigenvalue weighted by Gasteiger charge is -2.36. The largest absolute Gasteiger partial charge is 0.388 e. The van der Waals surface area contributed by atoms with Crippen molar-refractivity contribution in [3.8, 4) is 0 Å². The molecule has 112 valence electrons. The number of anilines is 3. The number of nitrogens with one attached hydrogen (secondary N) is 2. The van der Waals surface area contributed by atoms with Gasteiger partial charge in [0.25, 0.3) is 0 Å². The van der Waals surface area contributed by atoms with E-state index in [0.29, 0.717) is 18.2 Å². The van der Waals surface area contributed by atoms with Crippen LogP contribution in [0.3, 0.4) is 0 Å². The number of rotatable bonds is 5. The van der Waals surface area contributed by atoms with Crippen molar-refractivity contribution in [2.24, 2.45) is 11.8 Å². The molecule has 1 heterocycles. The van der Waals surface area contributed by atoms with E-state index in [9.17, 15) is 5.11 Å². The lowest BCUT2D eigenvalue weighted by atomic mass is 9.78. The summed E-state index contributed by atoms with van der Waals surface area (Å²) in [6, 6.07) is 1.66. The summed E-state index contributed by atoms with van der Waals surface area (Å²) in [5.74, 6) is 7.21. The van der Waals surface area contributed by atoms with Crippen molar-refractivity contribution in [2.45, 2.75) is 44.6 Å². The molecule has 1 aliphatic rings. The first-order chi connectivity index (χ1) is 9.54. The third-order valence-corrected chi connectivity index (χ3v) is 4.10. The average Bonchev–Trinajstić information content (AvgIpc) is 2.45. The zero-order valence-electron chi connectivity index (χ0n) is 11.9. The molecule has 0 saturated heterocycles. The quantitative estimate of drug-likeness (QED) is 0.404. The topological polar surface area (TPSA) is 122 Å². The first-order valence-electron chi connectivity index (χ1n) is 7.12. The average molecular weight is 280 g/mol. The summed E-state index contributed by atoms with van der Waals surface area (Å²) in [6.07, 6.45) is 4.99. The van der Waals surface area contributed by atoms with Crippen LogP contribution in [0.15, 0.2) is 6.07 Å². The van der Waals surface area contributed by atoms with Gasteiger partial charge in [0.05, 0.1) is 5.60 Å². The fourth-order valence-electron chi connectivity index (χ4n) is 2.69. The summed E-state index contributed by atoms with van der Waals surface area (Å²) in [6.45, 7) is 2.67. The van der Waals surface area contributed by atoms with E-state index >= 15 is 0 Å². The smallest absolute Gasteiger partial charge is 0.223 e. The predicted octanol–water partition coefficient (Wildman–Crippen LogP) is 1.09. The number of hydrogen-bond donors (Lipinski definition) is 5. The van der Waals surface area contributed by atoms with Crippen molar-refractivity contribution in [3.05, 3.63) is 6.07 Å². The summed E-state index contributed by atoms with van der Waals surface area (Å²) >= 11 is 0. The SMILES string of the molecule is CCC1CCC(O)(CNc2cc(NN)nc(N)n2)CC1. The normalized spacial score (nSPS) is 26.2. The van der Waals surface area contributed by atoms with Gasteiger partial charge < -0.3 is 21.6 Å². The number of hydrazine groups is 1. The van der Waals surface area contributed by atoms with E-state index in [0.717, 1.165) is 31.6 Å². The van der Waals surface area contributed by atoms with Gasteiger partial charge in [-0.25, -0.2) is 5.84 Å². The third-order valence-electron chi connectivity index (χ3n) is 4.10. The first-order valence-corrected chi connectivity index (χ1v) is 7.12. The molecule has 0 radical (unpaired) electrons. The van der Waals surface area contributed by atoms with Gasteiger partial charge in [-0.05, 0) is 31.6 Å². The van der Waals surface area contributed by atoms with Gasteiger partial charge >= 0.3 is 0 Å². The van der Waals surface area contributed by atoms with Crippen molar-refractivity contribution < 1.29 is 5.11 Å². The van der Waals surface area contributed by atoms with Gasteiger partial charge in [-0.3, -0.25) is 0 Å². The summed E-state index contributed by atoms with van der Waals surface area (Å²) in [5, 5.41) is 13.7. The highest BCUT2D eigenvalue weighted by Crippen LogP contribution is 2.33. The molecule has 1 fully saturated rings. The zero-order valence-corrected chi connectivity index (χ0v) is 11.9. The maximum Gasteiger partial charge on any atom is 0.223 e. The van der Waals surface area contributed by atoms with Crippen LogP contribution >= 0.6 is 0 Å². The molecular formula is C13H24N6O. The van der Waals surface area contributed by atoms with E-state index in [1.807, 2.05) is 0 Å². The Labute approximate surface area is 119 Å². The molecule has 0 bridgehead atoms. The predicted molar refractivity (Wildman–Crippen MR) is 79.9 cm³/mol.